The summed E-state index contributed by atoms with van der Waals surface area (Å²) in [6, 6.07) is 18.1. The normalized spacial score (nSPS) is 18.8. The summed E-state index contributed by atoms with van der Waals surface area (Å²) < 4.78 is 5.47. The zero-order valence-corrected chi connectivity index (χ0v) is 14.1. The van der Waals surface area contributed by atoms with Gasteiger partial charge in [0.25, 0.3) is 5.91 Å². The lowest BCUT2D eigenvalue weighted by Crippen LogP contribution is -2.27. The Morgan fingerprint density at radius 2 is 1.96 bits per heavy atom. The Morgan fingerprint density at radius 3 is 2.76 bits per heavy atom. The lowest BCUT2D eigenvalue weighted by atomic mass is 10.1. The van der Waals surface area contributed by atoms with Crippen molar-refractivity contribution in [1.82, 2.24) is 10.3 Å². The fourth-order valence-corrected chi connectivity index (χ4v) is 3.24. The van der Waals surface area contributed by atoms with E-state index in [-0.39, 0.29) is 11.9 Å². The minimum Gasteiger partial charge on any atom is -0.494 e. The maximum atomic E-state index is 12.6. The van der Waals surface area contributed by atoms with E-state index in [2.05, 4.69) is 22.4 Å². The second-order valence-electron chi connectivity index (χ2n) is 6.30. The Labute approximate surface area is 146 Å². The number of aromatic nitrogens is 1. The number of benzene rings is 2. The minimum atomic E-state index is -0.102. The van der Waals surface area contributed by atoms with Crippen molar-refractivity contribution in [2.75, 3.05) is 6.61 Å². The Morgan fingerprint density at radius 1 is 1.16 bits per heavy atom. The third-order valence-electron chi connectivity index (χ3n) is 4.61. The molecule has 0 aliphatic heterocycles. The van der Waals surface area contributed by atoms with Crippen LogP contribution in [0, 0.1) is 0 Å². The smallest absolute Gasteiger partial charge is 0.270 e. The third kappa shape index (κ3) is 3.20. The number of ether oxygens (including phenoxy) is 1. The molecule has 4 rings (SSSR count). The Bertz CT molecular complexity index is 900. The maximum absolute atomic E-state index is 12.6. The van der Waals surface area contributed by atoms with Crippen LogP contribution in [0.1, 0.15) is 35.3 Å². The minimum absolute atomic E-state index is 0.102. The van der Waals surface area contributed by atoms with Crippen LogP contribution < -0.4 is 10.1 Å². The maximum Gasteiger partial charge on any atom is 0.270 e. The van der Waals surface area contributed by atoms with Gasteiger partial charge in [0, 0.05) is 23.5 Å². The van der Waals surface area contributed by atoms with Gasteiger partial charge in [-0.2, -0.15) is 0 Å². The first kappa shape index (κ1) is 15.6. The summed E-state index contributed by atoms with van der Waals surface area (Å²) in [4.78, 5) is 16.9. The van der Waals surface area contributed by atoms with E-state index < -0.39 is 0 Å². The molecule has 3 aromatic rings. The van der Waals surface area contributed by atoms with Gasteiger partial charge in [-0.15, -0.1) is 0 Å². The van der Waals surface area contributed by atoms with Crippen LogP contribution in [0.4, 0.5) is 0 Å². The largest absolute Gasteiger partial charge is 0.494 e. The molecule has 25 heavy (non-hydrogen) atoms. The molecule has 1 aliphatic carbocycles. The Balaban J connectivity index is 1.45. The van der Waals surface area contributed by atoms with Crippen LogP contribution in [0.2, 0.25) is 0 Å². The van der Waals surface area contributed by atoms with Gasteiger partial charge < -0.3 is 10.1 Å². The van der Waals surface area contributed by atoms with E-state index in [4.69, 9.17) is 4.74 Å². The van der Waals surface area contributed by atoms with Crippen molar-refractivity contribution in [1.29, 1.82) is 0 Å². The first-order valence-corrected chi connectivity index (χ1v) is 8.63. The number of hydrogen-bond acceptors (Lipinski definition) is 3. The topological polar surface area (TPSA) is 51.2 Å². The molecule has 2 aromatic carbocycles. The van der Waals surface area contributed by atoms with Crippen molar-refractivity contribution in [2.45, 2.75) is 25.3 Å². The van der Waals surface area contributed by atoms with Gasteiger partial charge in [-0.25, -0.2) is 0 Å². The highest BCUT2D eigenvalue weighted by atomic mass is 16.5. The predicted octanol–water partition coefficient (Wildman–Crippen LogP) is 3.92. The number of fused-ring (bicyclic) bond motifs is 1. The van der Waals surface area contributed by atoms with E-state index in [0.29, 0.717) is 18.2 Å². The Kier molecular flexibility index (Phi) is 4.10. The number of nitrogens with one attached hydrogen (secondary N) is 1. The molecule has 0 radical (unpaired) electrons. The van der Waals surface area contributed by atoms with Crippen LogP contribution in [-0.4, -0.2) is 23.5 Å². The van der Waals surface area contributed by atoms with E-state index in [0.717, 1.165) is 22.9 Å². The molecule has 0 bridgehead atoms. The SMILES string of the molecule is CCOc1ccc([C@@H]2C[C@H]2NC(=O)c2nccc3ccccc23)cc1. The van der Waals surface area contributed by atoms with Gasteiger partial charge in [0.15, 0.2) is 0 Å². The standard InChI is InChI=1S/C21H20N2O2/c1-2-25-16-9-7-15(8-10-16)18-13-19(18)23-21(24)20-17-6-4-3-5-14(17)11-12-22-20/h3-12,18-19H,2,13H2,1H3,(H,23,24)/t18-,19+/m0/s1. The molecule has 0 saturated heterocycles. The van der Waals surface area contributed by atoms with Crippen LogP contribution in [0.15, 0.2) is 60.8 Å². The highest BCUT2D eigenvalue weighted by Gasteiger charge is 2.39. The van der Waals surface area contributed by atoms with Gasteiger partial charge in [-0.05, 0) is 42.5 Å². The number of carbonyl (C=O) groups is 1. The van der Waals surface area contributed by atoms with Crippen molar-refractivity contribution in [3.8, 4) is 5.75 Å². The van der Waals surface area contributed by atoms with Gasteiger partial charge in [0.2, 0.25) is 0 Å². The molecule has 1 N–H and O–H groups in total. The quantitative estimate of drug-likeness (QED) is 0.770. The van der Waals surface area contributed by atoms with Gasteiger partial charge in [-0.3, -0.25) is 9.78 Å². The summed E-state index contributed by atoms with van der Waals surface area (Å²) in [6.45, 7) is 2.64. The summed E-state index contributed by atoms with van der Waals surface area (Å²) in [7, 11) is 0. The van der Waals surface area contributed by atoms with E-state index in [9.17, 15) is 4.79 Å². The molecule has 2 atom stereocenters. The van der Waals surface area contributed by atoms with Gasteiger partial charge in [0.1, 0.15) is 11.4 Å². The average Bonchev–Trinajstić information content (AvgIpc) is 3.41. The summed E-state index contributed by atoms with van der Waals surface area (Å²) in [5.74, 6) is 1.15. The first-order chi connectivity index (χ1) is 12.3. The molecule has 1 heterocycles. The molecule has 4 nitrogen and oxygen atoms in total. The molecular weight excluding hydrogens is 312 g/mol. The monoisotopic (exact) mass is 332 g/mol. The van der Waals surface area contributed by atoms with Crippen molar-refractivity contribution in [2.24, 2.45) is 0 Å². The average molecular weight is 332 g/mol. The molecule has 0 unspecified atom stereocenters. The number of pyridine rings is 1. The van der Waals surface area contributed by atoms with Gasteiger partial charge in [0.05, 0.1) is 6.61 Å². The molecular formula is C21H20N2O2. The summed E-state index contributed by atoms with van der Waals surface area (Å²) in [5.41, 5.74) is 1.73. The van der Waals surface area contributed by atoms with Crippen LogP contribution in [0.25, 0.3) is 10.8 Å². The second-order valence-corrected chi connectivity index (χ2v) is 6.30. The first-order valence-electron chi connectivity index (χ1n) is 8.63. The Hall–Kier alpha value is -2.88. The van der Waals surface area contributed by atoms with E-state index in [1.54, 1.807) is 6.20 Å². The van der Waals surface area contributed by atoms with Crippen molar-refractivity contribution < 1.29 is 9.53 Å². The highest BCUT2D eigenvalue weighted by molar-refractivity contribution is 6.05. The third-order valence-corrected chi connectivity index (χ3v) is 4.61. The zero-order chi connectivity index (χ0) is 17.2. The van der Waals surface area contributed by atoms with Gasteiger partial charge in [-0.1, -0.05) is 36.4 Å². The van der Waals surface area contributed by atoms with Crippen molar-refractivity contribution >= 4 is 16.7 Å². The molecule has 1 saturated carbocycles. The number of nitrogens with zero attached hydrogens (tertiary/aromatic N) is 1. The predicted molar refractivity (Wildman–Crippen MR) is 98.0 cm³/mol. The highest BCUT2D eigenvalue weighted by Crippen LogP contribution is 2.41. The zero-order valence-electron chi connectivity index (χ0n) is 14.1. The lowest BCUT2D eigenvalue weighted by Gasteiger charge is -2.08. The molecule has 1 amide bonds. The van der Waals surface area contributed by atoms with E-state index in [1.807, 2.05) is 49.4 Å². The number of carbonyl (C=O) groups excluding carboxylic acids is 1. The lowest BCUT2D eigenvalue weighted by molar-refractivity contribution is 0.0947. The molecule has 126 valence electrons. The van der Waals surface area contributed by atoms with Crippen molar-refractivity contribution in [3.05, 3.63) is 72.1 Å². The molecule has 1 aromatic heterocycles. The second kappa shape index (κ2) is 6.55. The molecule has 1 fully saturated rings. The van der Waals surface area contributed by atoms with Crippen LogP contribution in [-0.2, 0) is 0 Å². The molecule has 0 spiro atoms. The van der Waals surface area contributed by atoms with E-state index in [1.165, 1.54) is 5.56 Å². The van der Waals surface area contributed by atoms with Crippen LogP contribution in [0.3, 0.4) is 0 Å². The number of hydrogen-bond donors (Lipinski definition) is 1. The van der Waals surface area contributed by atoms with Crippen LogP contribution in [0.5, 0.6) is 5.75 Å². The van der Waals surface area contributed by atoms with E-state index >= 15 is 0 Å². The summed E-state index contributed by atoms with van der Waals surface area (Å²) in [6.07, 6.45) is 2.65. The molecule has 4 heteroatoms. The fraction of sp³-hybridized carbons (Fsp3) is 0.238. The molecule has 1 aliphatic rings. The fourth-order valence-electron chi connectivity index (χ4n) is 3.24. The summed E-state index contributed by atoms with van der Waals surface area (Å²) in [5, 5.41) is 5.04. The summed E-state index contributed by atoms with van der Waals surface area (Å²) >= 11 is 0. The van der Waals surface area contributed by atoms with Gasteiger partial charge >= 0.3 is 0 Å². The van der Waals surface area contributed by atoms with Crippen molar-refractivity contribution in [3.63, 3.8) is 0 Å². The number of amides is 1. The van der Waals surface area contributed by atoms with Crippen LogP contribution >= 0.6 is 0 Å². The number of rotatable bonds is 5.